The molecule has 7 unspecified atom stereocenters. The summed E-state index contributed by atoms with van der Waals surface area (Å²) in [5.41, 5.74) is 2.16. The van der Waals surface area contributed by atoms with Crippen molar-refractivity contribution in [1.82, 2.24) is 0 Å². The number of ether oxygens (including phenoxy) is 2. The van der Waals surface area contributed by atoms with E-state index in [1.54, 1.807) is 5.57 Å². The van der Waals surface area contributed by atoms with Crippen LogP contribution < -0.4 is 4.18 Å². The van der Waals surface area contributed by atoms with E-state index in [4.69, 9.17) is 13.7 Å². The number of carbonyl (C=O) groups excluding carboxylic acids is 1. The largest absolute Gasteiger partial charge is 0.418 e. The number of allylic oxidation sites excluding steroid dienone is 2. The second-order valence-electron chi connectivity index (χ2n) is 13.0. The SMILES string of the molecule is CC=C1CCC2C3C4OC(C)(C)OC4C4CC(C(=O)SOc5ccccc5)CC[C@]4(C)C3CC[C@]12C. The summed E-state index contributed by atoms with van der Waals surface area (Å²) in [6.45, 7) is 11.5. The number of benzene rings is 1. The first kappa shape index (κ1) is 25.0. The highest BCUT2D eigenvalue weighted by Crippen LogP contribution is 2.69. The fourth-order valence-electron chi connectivity index (χ4n) is 9.35. The molecule has 36 heavy (non-hydrogen) atoms. The lowest BCUT2D eigenvalue weighted by molar-refractivity contribution is -0.177. The molecule has 196 valence electrons. The first-order valence-corrected chi connectivity index (χ1v) is 14.9. The highest BCUT2D eigenvalue weighted by molar-refractivity contribution is 8.09. The van der Waals surface area contributed by atoms with Gasteiger partial charge in [0.1, 0.15) is 17.8 Å². The smallest absolute Gasteiger partial charge is 0.231 e. The molecule has 1 saturated heterocycles. The lowest BCUT2D eigenvalue weighted by atomic mass is 9.43. The molecule has 1 aromatic rings. The van der Waals surface area contributed by atoms with E-state index in [2.05, 4.69) is 40.7 Å². The summed E-state index contributed by atoms with van der Waals surface area (Å²) >= 11 is 1.02. The summed E-state index contributed by atoms with van der Waals surface area (Å²) in [4.78, 5) is 13.3. The van der Waals surface area contributed by atoms with Crippen molar-refractivity contribution >= 4 is 17.2 Å². The molecule has 0 spiro atoms. The Morgan fingerprint density at radius 2 is 1.72 bits per heavy atom. The molecule has 6 rings (SSSR count). The van der Waals surface area contributed by atoms with E-state index in [0.29, 0.717) is 29.1 Å². The van der Waals surface area contributed by atoms with Crippen LogP contribution in [0.5, 0.6) is 5.75 Å². The van der Waals surface area contributed by atoms with Crippen LogP contribution in [0.3, 0.4) is 0 Å². The third-order valence-corrected chi connectivity index (χ3v) is 11.8. The molecule has 0 radical (unpaired) electrons. The molecule has 0 N–H and O–H groups in total. The molecule has 5 fully saturated rings. The van der Waals surface area contributed by atoms with E-state index < -0.39 is 5.79 Å². The summed E-state index contributed by atoms with van der Waals surface area (Å²) in [5, 5.41) is 0.155. The second-order valence-corrected chi connectivity index (χ2v) is 13.8. The zero-order valence-electron chi connectivity index (χ0n) is 22.5. The van der Waals surface area contributed by atoms with Gasteiger partial charge in [-0.1, -0.05) is 43.7 Å². The van der Waals surface area contributed by atoms with Crippen molar-refractivity contribution < 1.29 is 18.5 Å². The Bertz CT molecular complexity index is 1040. The quantitative estimate of drug-likeness (QED) is 0.310. The predicted molar refractivity (Wildman–Crippen MR) is 143 cm³/mol. The van der Waals surface area contributed by atoms with Crippen molar-refractivity contribution in [2.45, 2.75) is 97.6 Å². The van der Waals surface area contributed by atoms with Crippen molar-refractivity contribution in [2.24, 2.45) is 40.4 Å². The number of hydrogen-bond donors (Lipinski definition) is 0. The van der Waals surface area contributed by atoms with Crippen LogP contribution in [0.1, 0.15) is 79.6 Å². The Morgan fingerprint density at radius 3 is 2.47 bits per heavy atom. The monoisotopic (exact) mass is 510 g/mol. The Kier molecular flexibility index (Phi) is 6.17. The minimum Gasteiger partial charge on any atom is -0.418 e. The van der Waals surface area contributed by atoms with E-state index in [-0.39, 0.29) is 28.7 Å². The van der Waals surface area contributed by atoms with Crippen molar-refractivity contribution in [2.75, 3.05) is 0 Å². The molecule has 5 heteroatoms. The van der Waals surface area contributed by atoms with Crippen LogP contribution in [0.25, 0.3) is 0 Å². The fourth-order valence-corrected chi connectivity index (χ4v) is 9.99. The number of hydrogen-bond acceptors (Lipinski definition) is 5. The predicted octanol–water partition coefficient (Wildman–Crippen LogP) is 7.59. The van der Waals surface area contributed by atoms with Gasteiger partial charge in [-0.05, 0) is 112 Å². The molecule has 0 bridgehead atoms. The van der Waals surface area contributed by atoms with Gasteiger partial charge < -0.3 is 13.7 Å². The average molecular weight is 511 g/mol. The summed E-state index contributed by atoms with van der Waals surface area (Å²) in [7, 11) is 0. The van der Waals surface area contributed by atoms with Gasteiger partial charge in [0.15, 0.2) is 5.79 Å². The van der Waals surface area contributed by atoms with E-state index in [9.17, 15) is 4.79 Å². The van der Waals surface area contributed by atoms with Crippen molar-refractivity contribution in [3.8, 4) is 5.75 Å². The average Bonchev–Trinajstić information content (AvgIpc) is 3.37. The molecular weight excluding hydrogens is 468 g/mol. The normalized spacial score (nSPS) is 45.9. The van der Waals surface area contributed by atoms with E-state index in [0.717, 1.165) is 37.1 Å². The molecule has 1 aromatic carbocycles. The Morgan fingerprint density at radius 1 is 0.972 bits per heavy atom. The number of fused-ring (bicyclic) bond motifs is 8. The van der Waals surface area contributed by atoms with Gasteiger partial charge in [0.2, 0.25) is 5.12 Å². The summed E-state index contributed by atoms with van der Waals surface area (Å²) in [5.74, 6) is 2.36. The van der Waals surface area contributed by atoms with E-state index >= 15 is 0 Å². The Hall–Kier alpha value is -1.30. The second kappa shape index (κ2) is 8.88. The summed E-state index contributed by atoms with van der Waals surface area (Å²) < 4.78 is 19.3. The maximum Gasteiger partial charge on any atom is 0.231 e. The van der Waals surface area contributed by atoms with Crippen LogP contribution in [0.2, 0.25) is 0 Å². The minimum atomic E-state index is -0.566. The number of carbonyl (C=O) groups is 1. The Balaban J connectivity index is 1.27. The lowest BCUT2D eigenvalue weighted by Crippen LogP contribution is -2.62. The van der Waals surface area contributed by atoms with Crippen molar-refractivity contribution in [3.05, 3.63) is 42.0 Å². The van der Waals surface area contributed by atoms with Gasteiger partial charge in [-0.15, -0.1) is 0 Å². The lowest BCUT2D eigenvalue weighted by Gasteiger charge is -2.63. The maximum atomic E-state index is 13.3. The fraction of sp³-hybridized carbons (Fsp3) is 0.710. The number of rotatable bonds is 3. The van der Waals surface area contributed by atoms with Crippen LogP contribution in [-0.4, -0.2) is 23.1 Å². The van der Waals surface area contributed by atoms with E-state index in [1.165, 1.54) is 25.7 Å². The van der Waals surface area contributed by atoms with Crippen LogP contribution in [0.15, 0.2) is 42.0 Å². The zero-order valence-corrected chi connectivity index (χ0v) is 23.3. The van der Waals surface area contributed by atoms with Gasteiger partial charge in [-0.2, -0.15) is 0 Å². The van der Waals surface area contributed by atoms with Gasteiger partial charge in [0.05, 0.1) is 12.2 Å². The highest BCUT2D eigenvalue weighted by Gasteiger charge is 2.68. The molecule has 0 aromatic heterocycles. The summed E-state index contributed by atoms with van der Waals surface area (Å²) in [6, 6.07) is 9.62. The van der Waals surface area contributed by atoms with Crippen molar-refractivity contribution in [3.63, 3.8) is 0 Å². The standard InChI is InChI=1S/C31H42O4S/c1-6-20-12-13-22-25-23(15-17-30(20,22)4)31(5)16-14-19(28(32)36-35-21-10-8-7-9-11-21)18-24(31)26-27(25)34-29(2,3)33-26/h6-11,19,22-27H,12-18H2,1-5H3/t19?,22?,23?,24?,25?,26?,27?,30-,31-/m1/s1. The van der Waals surface area contributed by atoms with Gasteiger partial charge in [0, 0.05) is 5.92 Å². The maximum absolute atomic E-state index is 13.3. The van der Waals surface area contributed by atoms with Gasteiger partial charge in [-0.25, -0.2) is 0 Å². The highest BCUT2D eigenvalue weighted by atomic mass is 32.2. The molecule has 0 amide bonds. The Labute approximate surface area is 221 Å². The molecule has 4 aliphatic carbocycles. The molecular formula is C31H42O4S. The molecule has 5 aliphatic rings. The molecule has 1 aliphatic heterocycles. The van der Waals surface area contributed by atoms with Gasteiger partial charge in [-0.3, -0.25) is 4.79 Å². The third kappa shape index (κ3) is 3.82. The third-order valence-electron chi connectivity index (χ3n) is 11.0. The van der Waals surface area contributed by atoms with E-state index in [1.807, 2.05) is 30.3 Å². The molecule has 4 saturated carbocycles. The van der Waals surface area contributed by atoms with Gasteiger partial charge >= 0.3 is 0 Å². The first-order chi connectivity index (χ1) is 17.2. The van der Waals surface area contributed by atoms with Crippen LogP contribution in [0.4, 0.5) is 0 Å². The number of para-hydroxylation sites is 1. The van der Waals surface area contributed by atoms with Crippen LogP contribution in [0, 0.1) is 40.4 Å². The molecule has 4 nitrogen and oxygen atoms in total. The van der Waals surface area contributed by atoms with Crippen LogP contribution in [-0.2, 0) is 14.3 Å². The summed E-state index contributed by atoms with van der Waals surface area (Å²) in [6.07, 6.45) is 10.6. The van der Waals surface area contributed by atoms with Gasteiger partial charge in [0.25, 0.3) is 0 Å². The molecule has 1 heterocycles. The van der Waals surface area contributed by atoms with Crippen LogP contribution >= 0.6 is 12.0 Å². The topological polar surface area (TPSA) is 44.8 Å². The van der Waals surface area contributed by atoms with Crippen molar-refractivity contribution in [1.29, 1.82) is 0 Å². The minimum absolute atomic E-state index is 0.0104. The molecule has 9 atom stereocenters. The first-order valence-electron chi connectivity index (χ1n) is 14.1. The zero-order chi connectivity index (χ0) is 25.3.